The van der Waals surface area contributed by atoms with Crippen LogP contribution in [-0.4, -0.2) is 50.4 Å². The predicted octanol–water partition coefficient (Wildman–Crippen LogP) is 2.23. The van der Waals surface area contributed by atoms with Gasteiger partial charge in [-0.25, -0.2) is 8.42 Å². The highest BCUT2D eigenvalue weighted by molar-refractivity contribution is 7.90. The van der Waals surface area contributed by atoms with E-state index < -0.39 is 15.5 Å². The van der Waals surface area contributed by atoms with Gasteiger partial charge in [0.2, 0.25) is 0 Å². The van der Waals surface area contributed by atoms with Crippen molar-refractivity contribution >= 4 is 16.0 Å². The maximum absolute atomic E-state index is 12.6. The van der Waals surface area contributed by atoms with Crippen molar-refractivity contribution in [2.24, 2.45) is 4.99 Å². The van der Waals surface area contributed by atoms with Gasteiger partial charge in [0.05, 0.1) is 0 Å². The van der Waals surface area contributed by atoms with Crippen molar-refractivity contribution in [3.63, 3.8) is 0 Å². The summed E-state index contributed by atoms with van der Waals surface area (Å²) in [6.07, 6.45) is 1.47. The Balaban J connectivity index is 1.88. The number of piperidine rings is 1. The Labute approximate surface area is 157 Å². The molecule has 0 amide bonds. The molecule has 1 aromatic carbocycles. The van der Waals surface area contributed by atoms with Crippen LogP contribution in [-0.2, 0) is 23.0 Å². The maximum Gasteiger partial charge on any atom is 0.511 e. The van der Waals surface area contributed by atoms with E-state index in [0.29, 0.717) is 16.8 Å². The van der Waals surface area contributed by atoms with Crippen LogP contribution in [0.5, 0.6) is 0 Å². The van der Waals surface area contributed by atoms with Gasteiger partial charge in [-0.2, -0.15) is 17.5 Å². The zero-order chi connectivity index (χ0) is 20.1. The highest BCUT2D eigenvalue weighted by atomic mass is 32.2. The van der Waals surface area contributed by atoms with Crippen molar-refractivity contribution in [2.75, 3.05) is 20.1 Å². The number of hydrogen-bond donors (Lipinski definition) is 2. The summed E-state index contributed by atoms with van der Waals surface area (Å²) in [6.45, 7) is 2.31. The average molecular weight is 406 g/mol. The summed E-state index contributed by atoms with van der Waals surface area (Å²) >= 11 is 0. The smallest absolute Gasteiger partial charge is 0.354 e. The van der Waals surface area contributed by atoms with Crippen LogP contribution in [0.1, 0.15) is 30.9 Å². The highest BCUT2D eigenvalue weighted by Crippen LogP contribution is 2.28. The van der Waals surface area contributed by atoms with Gasteiger partial charge in [-0.1, -0.05) is 31.2 Å². The van der Waals surface area contributed by atoms with Crippen molar-refractivity contribution in [3.05, 3.63) is 35.4 Å². The first-order chi connectivity index (χ1) is 12.7. The monoisotopic (exact) mass is 406 g/mol. The summed E-state index contributed by atoms with van der Waals surface area (Å²) in [4.78, 5) is 4.14. The number of alkyl halides is 3. The molecular formula is C17H25F3N4O2S. The van der Waals surface area contributed by atoms with E-state index in [9.17, 15) is 21.6 Å². The predicted molar refractivity (Wildman–Crippen MR) is 98.7 cm³/mol. The number of guanidine groups is 1. The molecule has 10 heteroatoms. The molecule has 2 rings (SSSR count). The van der Waals surface area contributed by atoms with Crippen molar-refractivity contribution in [3.8, 4) is 0 Å². The summed E-state index contributed by atoms with van der Waals surface area (Å²) in [6, 6.07) is 7.89. The lowest BCUT2D eigenvalue weighted by molar-refractivity contribution is -0.0494. The van der Waals surface area contributed by atoms with Gasteiger partial charge in [-0.15, -0.1) is 0 Å². The zero-order valence-electron chi connectivity index (χ0n) is 15.4. The second-order valence-corrected chi connectivity index (χ2v) is 8.25. The first-order valence-corrected chi connectivity index (χ1v) is 10.2. The van der Waals surface area contributed by atoms with Crippen LogP contribution in [0.2, 0.25) is 0 Å². The molecule has 0 aliphatic carbocycles. The number of aryl methyl sites for hydroxylation is 1. The molecular weight excluding hydrogens is 381 g/mol. The maximum atomic E-state index is 12.6. The van der Waals surface area contributed by atoms with Crippen molar-refractivity contribution < 1.29 is 21.6 Å². The van der Waals surface area contributed by atoms with Crippen molar-refractivity contribution in [2.45, 2.75) is 44.3 Å². The van der Waals surface area contributed by atoms with Crippen LogP contribution in [0.3, 0.4) is 0 Å². The van der Waals surface area contributed by atoms with E-state index in [-0.39, 0.29) is 32.0 Å². The van der Waals surface area contributed by atoms with Crippen LogP contribution in [0.15, 0.2) is 29.3 Å². The molecule has 0 aromatic heterocycles. The molecule has 0 radical (unpaired) electrons. The molecule has 0 atom stereocenters. The second kappa shape index (κ2) is 8.92. The number of nitrogens with one attached hydrogen (secondary N) is 2. The fourth-order valence-electron chi connectivity index (χ4n) is 3.03. The lowest BCUT2D eigenvalue weighted by Crippen LogP contribution is -2.51. The van der Waals surface area contributed by atoms with E-state index in [1.54, 1.807) is 7.05 Å². The van der Waals surface area contributed by atoms with E-state index in [1.165, 1.54) is 5.56 Å². The summed E-state index contributed by atoms with van der Waals surface area (Å²) < 4.78 is 61.3. The van der Waals surface area contributed by atoms with Crippen LogP contribution < -0.4 is 10.6 Å². The third-order valence-corrected chi connectivity index (χ3v) is 6.23. The Kier molecular flexibility index (Phi) is 7.10. The van der Waals surface area contributed by atoms with Gasteiger partial charge < -0.3 is 10.6 Å². The minimum absolute atomic E-state index is 0.141. The molecule has 1 aliphatic heterocycles. The molecule has 1 fully saturated rings. The van der Waals surface area contributed by atoms with E-state index in [4.69, 9.17) is 0 Å². The van der Waals surface area contributed by atoms with Gasteiger partial charge in [-0.05, 0) is 30.4 Å². The fourth-order valence-corrected chi connectivity index (χ4v) is 4.01. The Morgan fingerprint density at radius 3 is 2.33 bits per heavy atom. The topological polar surface area (TPSA) is 73.8 Å². The van der Waals surface area contributed by atoms with Gasteiger partial charge in [0.1, 0.15) is 0 Å². The molecule has 2 N–H and O–H groups in total. The van der Waals surface area contributed by atoms with Crippen LogP contribution in [0.25, 0.3) is 0 Å². The summed E-state index contributed by atoms with van der Waals surface area (Å²) in [7, 11) is -3.64. The second-order valence-electron chi connectivity index (χ2n) is 6.32. The Bertz CT molecular complexity index is 758. The number of halogens is 3. The van der Waals surface area contributed by atoms with Gasteiger partial charge in [0.15, 0.2) is 5.96 Å². The number of nitrogens with zero attached hydrogens (tertiary/aromatic N) is 2. The first kappa shape index (κ1) is 21.5. The summed E-state index contributed by atoms with van der Waals surface area (Å²) in [5.41, 5.74) is -2.88. The molecule has 152 valence electrons. The van der Waals surface area contributed by atoms with Gasteiger partial charge >= 0.3 is 15.5 Å². The summed E-state index contributed by atoms with van der Waals surface area (Å²) in [5, 5.41) is 6.36. The zero-order valence-corrected chi connectivity index (χ0v) is 16.2. The number of hydrogen-bond acceptors (Lipinski definition) is 3. The van der Waals surface area contributed by atoms with E-state index in [1.807, 2.05) is 18.2 Å². The number of sulfonamides is 1. The Morgan fingerprint density at radius 1 is 1.22 bits per heavy atom. The molecule has 0 bridgehead atoms. The minimum atomic E-state index is -5.25. The fraction of sp³-hybridized carbons (Fsp3) is 0.588. The minimum Gasteiger partial charge on any atom is -0.354 e. The highest BCUT2D eigenvalue weighted by Gasteiger charge is 2.50. The number of benzene rings is 1. The Hall–Kier alpha value is -1.81. The molecule has 0 saturated carbocycles. The molecule has 1 aromatic rings. The third-order valence-electron chi connectivity index (χ3n) is 4.60. The normalized spacial score (nSPS) is 17.7. The van der Waals surface area contributed by atoms with Crippen molar-refractivity contribution in [1.82, 2.24) is 14.9 Å². The summed E-state index contributed by atoms with van der Waals surface area (Å²) in [5.74, 6) is 0.540. The lowest BCUT2D eigenvalue weighted by atomic mass is 10.1. The van der Waals surface area contributed by atoms with Gasteiger partial charge in [-0.3, -0.25) is 4.99 Å². The molecule has 0 spiro atoms. The van der Waals surface area contributed by atoms with Crippen LogP contribution in [0.4, 0.5) is 13.2 Å². The SMILES string of the molecule is CCc1ccccc1CNC(=NC)NC1CCN(S(=O)(=O)C(F)(F)F)CC1. The molecule has 1 saturated heterocycles. The average Bonchev–Trinajstić information content (AvgIpc) is 2.64. The standard InChI is InChI=1S/C17H25F3N4O2S/c1-3-13-6-4-5-7-14(13)12-22-16(21-2)23-15-8-10-24(11-9-15)27(25,26)17(18,19)20/h4-7,15H,3,8-12H2,1-2H3,(H2,21,22,23). The third kappa shape index (κ3) is 5.35. The van der Waals surface area contributed by atoms with Gasteiger partial charge in [0.25, 0.3) is 0 Å². The van der Waals surface area contributed by atoms with Crippen LogP contribution >= 0.6 is 0 Å². The van der Waals surface area contributed by atoms with Gasteiger partial charge in [0, 0.05) is 32.7 Å². The molecule has 27 heavy (non-hydrogen) atoms. The Morgan fingerprint density at radius 2 is 1.81 bits per heavy atom. The van der Waals surface area contributed by atoms with Crippen molar-refractivity contribution in [1.29, 1.82) is 0 Å². The van der Waals surface area contributed by atoms with E-state index in [0.717, 1.165) is 12.0 Å². The van der Waals surface area contributed by atoms with E-state index in [2.05, 4.69) is 28.6 Å². The largest absolute Gasteiger partial charge is 0.511 e. The number of aliphatic imine (C=N–C) groups is 1. The molecule has 0 unspecified atom stereocenters. The number of rotatable bonds is 5. The van der Waals surface area contributed by atoms with E-state index >= 15 is 0 Å². The quantitative estimate of drug-likeness (QED) is 0.581. The van der Waals surface area contributed by atoms with Crippen LogP contribution in [0, 0.1) is 0 Å². The first-order valence-electron chi connectivity index (χ1n) is 8.79. The molecule has 6 nitrogen and oxygen atoms in total. The molecule has 1 aliphatic rings. The molecule has 1 heterocycles. The lowest BCUT2D eigenvalue weighted by Gasteiger charge is -2.32.